The lowest BCUT2D eigenvalue weighted by molar-refractivity contribution is 0.103. The number of aryl methyl sites for hydroxylation is 1. The second-order valence-corrected chi connectivity index (χ2v) is 4.03. The predicted molar refractivity (Wildman–Crippen MR) is 67.6 cm³/mol. The second kappa shape index (κ2) is 4.07. The van der Waals surface area contributed by atoms with E-state index >= 15 is 0 Å². The Balaban J connectivity index is 2.21. The van der Waals surface area contributed by atoms with Crippen molar-refractivity contribution in [1.29, 1.82) is 0 Å². The van der Waals surface area contributed by atoms with Gasteiger partial charge in [-0.1, -0.05) is 30.3 Å². The van der Waals surface area contributed by atoms with Crippen molar-refractivity contribution in [2.24, 2.45) is 0 Å². The standard InChI is InChI=1S/C14H11N3O/c1-10-12(13(18)11-6-3-2-4-7-11)17-9-5-8-15-14(17)16-10/h2-9H,1H3. The summed E-state index contributed by atoms with van der Waals surface area (Å²) >= 11 is 0. The van der Waals surface area contributed by atoms with Gasteiger partial charge in [0, 0.05) is 18.0 Å². The van der Waals surface area contributed by atoms with E-state index in [0.29, 0.717) is 22.7 Å². The molecular formula is C14H11N3O. The molecule has 4 heteroatoms. The monoisotopic (exact) mass is 237 g/mol. The molecule has 18 heavy (non-hydrogen) atoms. The summed E-state index contributed by atoms with van der Waals surface area (Å²) in [6.45, 7) is 1.82. The molecule has 1 aromatic carbocycles. The van der Waals surface area contributed by atoms with Crippen molar-refractivity contribution in [3.63, 3.8) is 0 Å². The molecule has 0 aliphatic rings. The number of benzene rings is 1. The van der Waals surface area contributed by atoms with Crippen LogP contribution in [-0.4, -0.2) is 20.2 Å². The Morgan fingerprint density at radius 1 is 1.17 bits per heavy atom. The van der Waals surface area contributed by atoms with E-state index in [1.54, 1.807) is 35.0 Å². The molecule has 88 valence electrons. The maximum atomic E-state index is 12.5. The molecule has 0 spiro atoms. The van der Waals surface area contributed by atoms with E-state index in [2.05, 4.69) is 9.97 Å². The van der Waals surface area contributed by atoms with Gasteiger partial charge in [-0.3, -0.25) is 9.20 Å². The third-order valence-electron chi connectivity index (χ3n) is 2.83. The van der Waals surface area contributed by atoms with E-state index in [1.807, 2.05) is 25.1 Å². The van der Waals surface area contributed by atoms with Crippen molar-refractivity contribution >= 4 is 11.6 Å². The van der Waals surface area contributed by atoms with Gasteiger partial charge in [0.2, 0.25) is 11.6 Å². The number of imidazole rings is 1. The molecule has 0 fully saturated rings. The van der Waals surface area contributed by atoms with Crippen LogP contribution in [-0.2, 0) is 0 Å². The number of fused-ring (bicyclic) bond motifs is 1. The van der Waals surface area contributed by atoms with Crippen molar-refractivity contribution in [2.75, 3.05) is 0 Å². The number of hydrogen-bond donors (Lipinski definition) is 0. The maximum absolute atomic E-state index is 12.5. The molecule has 0 radical (unpaired) electrons. The summed E-state index contributed by atoms with van der Waals surface area (Å²) in [4.78, 5) is 20.9. The molecule has 0 bridgehead atoms. The van der Waals surface area contributed by atoms with Gasteiger partial charge in [0.1, 0.15) is 5.69 Å². The summed E-state index contributed by atoms with van der Waals surface area (Å²) < 4.78 is 1.73. The Kier molecular flexibility index (Phi) is 2.41. The average Bonchev–Trinajstić information content (AvgIpc) is 2.75. The lowest BCUT2D eigenvalue weighted by atomic mass is 10.1. The van der Waals surface area contributed by atoms with Crippen LogP contribution in [0.15, 0.2) is 48.8 Å². The van der Waals surface area contributed by atoms with Crippen molar-refractivity contribution in [3.8, 4) is 0 Å². The molecule has 0 saturated carbocycles. The summed E-state index contributed by atoms with van der Waals surface area (Å²) in [5, 5.41) is 0. The van der Waals surface area contributed by atoms with Crippen molar-refractivity contribution < 1.29 is 4.79 Å². The largest absolute Gasteiger partial charge is 0.287 e. The van der Waals surface area contributed by atoms with E-state index in [-0.39, 0.29) is 5.78 Å². The first-order valence-corrected chi connectivity index (χ1v) is 5.67. The normalized spacial score (nSPS) is 10.7. The zero-order valence-electron chi connectivity index (χ0n) is 9.87. The highest BCUT2D eigenvalue weighted by Gasteiger charge is 2.17. The van der Waals surface area contributed by atoms with E-state index in [4.69, 9.17) is 0 Å². The van der Waals surface area contributed by atoms with Crippen LogP contribution < -0.4 is 0 Å². The summed E-state index contributed by atoms with van der Waals surface area (Å²) in [6.07, 6.45) is 3.47. The third-order valence-corrected chi connectivity index (χ3v) is 2.83. The van der Waals surface area contributed by atoms with E-state index in [9.17, 15) is 4.79 Å². The number of carbonyl (C=O) groups excluding carboxylic acids is 1. The fourth-order valence-corrected chi connectivity index (χ4v) is 2.00. The Bertz CT molecular complexity index is 716. The van der Waals surface area contributed by atoms with Crippen LogP contribution in [0.3, 0.4) is 0 Å². The van der Waals surface area contributed by atoms with Gasteiger partial charge in [-0.25, -0.2) is 9.97 Å². The van der Waals surface area contributed by atoms with Gasteiger partial charge >= 0.3 is 0 Å². The minimum Gasteiger partial charge on any atom is -0.287 e. The van der Waals surface area contributed by atoms with Gasteiger partial charge in [-0.05, 0) is 13.0 Å². The lowest BCUT2D eigenvalue weighted by Crippen LogP contribution is -2.06. The minimum absolute atomic E-state index is 0.0337. The highest BCUT2D eigenvalue weighted by molar-refractivity contribution is 6.09. The number of nitrogens with zero attached hydrogens (tertiary/aromatic N) is 3. The van der Waals surface area contributed by atoms with Crippen LogP contribution in [0.1, 0.15) is 21.7 Å². The van der Waals surface area contributed by atoms with Crippen molar-refractivity contribution in [3.05, 3.63) is 65.7 Å². The first-order chi connectivity index (χ1) is 8.77. The summed E-state index contributed by atoms with van der Waals surface area (Å²) in [5.74, 6) is 0.517. The second-order valence-electron chi connectivity index (χ2n) is 4.03. The average molecular weight is 237 g/mol. The van der Waals surface area contributed by atoms with Crippen molar-refractivity contribution in [1.82, 2.24) is 14.4 Å². The third kappa shape index (κ3) is 1.59. The summed E-state index contributed by atoms with van der Waals surface area (Å²) in [6, 6.07) is 11.0. The maximum Gasteiger partial charge on any atom is 0.234 e. The molecule has 0 amide bonds. The molecule has 0 unspecified atom stereocenters. The van der Waals surface area contributed by atoms with Gasteiger partial charge in [-0.2, -0.15) is 0 Å². The molecule has 2 heterocycles. The minimum atomic E-state index is -0.0337. The Hall–Kier alpha value is -2.49. The van der Waals surface area contributed by atoms with Crippen LogP contribution in [0.2, 0.25) is 0 Å². The number of hydrogen-bond acceptors (Lipinski definition) is 3. The molecule has 0 saturated heterocycles. The predicted octanol–water partition coefficient (Wildman–Crippen LogP) is 2.27. The summed E-state index contributed by atoms with van der Waals surface area (Å²) in [5.41, 5.74) is 1.93. The highest BCUT2D eigenvalue weighted by atomic mass is 16.1. The number of ketones is 1. The van der Waals surface area contributed by atoms with Gasteiger partial charge in [-0.15, -0.1) is 0 Å². The van der Waals surface area contributed by atoms with Gasteiger partial charge in [0.05, 0.1) is 5.69 Å². The lowest BCUT2D eigenvalue weighted by Gasteiger charge is -2.01. The summed E-state index contributed by atoms with van der Waals surface area (Å²) in [7, 11) is 0. The van der Waals surface area contributed by atoms with E-state index in [1.165, 1.54) is 0 Å². The fraction of sp³-hybridized carbons (Fsp3) is 0.0714. The van der Waals surface area contributed by atoms with Crippen LogP contribution in [0.25, 0.3) is 5.78 Å². The molecule has 3 aromatic rings. The van der Waals surface area contributed by atoms with Gasteiger partial charge < -0.3 is 0 Å². The molecule has 0 aliphatic carbocycles. The first kappa shape index (κ1) is 10.7. The van der Waals surface area contributed by atoms with E-state index in [0.717, 1.165) is 0 Å². The SMILES string of the molecule is Cc1nc2ncccn2c1C(=O)c1ccccc1. The van der Waals surface area contributed by atoms with Crippen molar-refractivity contribution in [2.45, 2.75) is 6.92 Å². The number of aromatic nitrogens is 3. The van der Waals surface area contributed by atoms with E-state index < -0.39 is 0 Å². The first-order valence-electron chi connectivity index (χ1n) is 5.67. The molecular weight excluding hydrogens is 226 g/mol. The molecule has 3 rings (SSSR count). The zero-order chi connectivity index (χ0) is 12.5. The molecule has 0 N–H and O–H groups in total. The van der Waals surface area contributed by atoms with Crippen LogP contribution in [0.4, 0.5) is 0 Å². The molecule has 0 aliphatic heterocycles. The molecule has 4 nitrogen and oxygen atoms in total. The molecule has 0 atom stereocenters. The Labute approximate surface area is 104 Å². The quantitative estimate of drug-likeness (QED) is 0.642. The number of carbonyl (C=O) groups is 1. The Morgan fingerprint density at radius 2 is 1.94 bits per heavy atom. The highest BCUT2D eigenvalue weighted by Crippen LogP contribution is 2.15. The fourth-order valence-electron chi connectivity index (χ4n) is 2.00. The van der Waals surface area contributed by atoms with Crippen LogP contribution in [0.5, 0.6) is 0 Å². The van der Waals surface area contributed by atoms with Crippen LogP contribution >= 0.6 is 0 Å². The Morgan fingerprint density at radius 3 is 2.72 bits per heavy atom. The van der Waals surface area contributed by atoms with Gasteiger partial charge in [0.25, 0.3) is 0 Å². The zero-order valence-corrected chi connectivity index (χ0v) is 9.87. The smallest absolute Gasteiger partial charge is 0.234 e. The van der Waals surface area contributed by atoms with Gasteiger partial charge in [0.15, 0.2) is 0 Å². The number of rotatable bonds is 2. The van der Waals surface area contributed by atoms with Crippen LogP contribution in [0, 0.1) is 6.92 Å². The topological polar surface area (TPSA) is 47.3 Å². The molecule has 2 aromatic heterocycles.